The second-order valence-corrected chi connectivity index (χ2v) is 7.39. The fourth-order valence-corrected chi connectivity index (χ4v) is 3.62. The van der Waals surface area contributed by atoms with Crippen molar-refractivity contribution in [2.45, 2.75) is 51.7 Å². The summed E-state index contributed by atoms with van der Waals surface area (Å²) in [6, 6.07) is 6.43. The van der Waals surface area contributed by atoms with Crippen LogP contribution in [-0.4, -0.2) is 33.7 Å². The molecule has 6 nitrogen and oxygen atoms in total. The van der Waals surface area contributed by atoms with Crippen LogP contribution in [0.2, 0.25) is 0 Å². The van der Waals surface area contributed by atoms with E-state index in [0.717, 1.165) is 37.6 Å². The lowest BCUT2D eigenvalue weighted by Crippen LogP contribution is -2.38. The van der Waals surface area contributed by atoms with Gasteiger partial charge in [-0.15, -0.1) is 0 Å². The van der Waals surface area contributed by atoms with Crippen LogP contribution in [0.3, 0.4) is 0 Å². The Morgan fingerprint density at radius 1 is 1.36 bits per heavy atom. The highest BCUT2D eigenvalue weighted by atomic mass is 16.3. The van der Waals surface area contributed by atoms with Crippen LogP contribution in [0.1, 0.15) is 48.9 Å². The monoisotopic (exact) mass is 342 g/mol. The zero-order valence-electron chi connectivity index (χ0n) is 14.8. The molecule has 2 aliphatic rings. The van der Waals surface area contributed by atoms with Crippen molar-refractivity contribution >= 4 is 5.91 Å². The second kappa shape index (κ2) is 7.04. The van der Waals surface area contributed by atoms with Crippen molar-refractivity contribution in [3.8, 4) is 0 Å². The van der Waals surface area contributed by atoms with Gasteiger partial charge in [0, 0.05) is 32.3 Å². The van der Waals surface area contributed by atoms with Gasteiger partial charge < -0.3 is 9.73 Å². The van der Waals surface area contributed by atoms with E-state index in [0.29, 0.717) is 18.9 Å². The maximum Gasteiger partial charge on any atom is 0.220 e. The molecular weight excluding hydrogens is 316 g/mol. The van der Waals surface area contributed by atoms with E-state index in [4.69, 9.17) is 4.42 Å². The first-order chi connectivity index (χ1) is 12.2. The quantitative estimate of drug-likeness (QED) is 0.840. The highest BCUT2D eigenvalue weighted by molar-refractivity contribution is 5.76. The molecule has 0 radical (unpaired) electrons. The Morgan fingerprint density at radius 2 is 2.24 bits per heavy atom. The molecule has 1 amide bonds. The molecular formula is C19H26N4O2. The number of amides is 1. The fourth-order valence-electron chi connectivity index (χ4n) is 3.62. The number of carbonyl (C=O) groups excluding carboxylic acids is 1. The van der Waals surface area contributed by atoms with E-state index in [2.05, 4.69) is 26.1 Å². The number of hydrogen-bond donors (Lipinski definition) is 1. The second-order valence-electron chi connectivity index (χ2n) is 7.39. The Labute approximate surface area is 148 Å². The van der Waals surface area contributed by atoms with E-state index in [1.54, 1.807) is 0 Å². The standard InChI is InChI=1S/C19H26N4O2/c1-14-2-5-18(25-14)13-22-11-16(23-17(12-22)7-9-21-23)6-8-20-19(24)10-15-3-4-15/h2,5,7,9,15-16H,3-4,6,8,10-13H2,1H3,(H,20,24)/t16-/m0/s1. The Bertz CT molecular complexity index is 731. The van der Waals surface area contributed by atoms with Crippen LogP contribution in [0, 0.1) is 12.8 Å². The molecule has 2 aromatic heterocycles. The van der Waals surface area contributed by atoms with Crippen LogP contribution in [0.4, 0.5) is 0 Å². The summed E-state index contributed by atoms with van der Waals surface area (Å²) in [7, 11) is 0. The molecule has 0 aromatic carbocycles. The van der Waals surface area contributed by atoms with Crippen molar-refractivity contribution < 1.29 is 9.21 Å². The molecule has 134 valence electrons. The van der Waals surface area contributed by atoms with E-state index in [9.17, 15) is 4.79 Å². The van der Waals surface area contributed by atoms with Crippen LogP contribution < -0.4 is 5.32 Å². The van der Waals surface area contributed by atoms with Gasteiger partial charge in [-0.2, -0.15) is 5.10 Å². The third-order valence-electron chi connectivity index (χ3n) is 5.10. The molecule has 1 saturated carbocycles. The number of hydrogen-bond acceptors (Lipinski definition) is 4. The number of carbonyl (C=O) groups is 1. The van der Waals surface area contributed by atoms with Crippen LogP contribution in [0.5, 0.6) is 0 Å². The van der Waals surface area contributed by atoms with Crippen LogP contribution in [0.25, 0.3) is 0 Å². The van der Waals surface area contributed by atoms with Crippen LogP contribution in [-0.2, 0) is 17.9 Å². The minimum Gasteiger partial charge on any atom is -0.465 e. The molecule has 2 aromatic rings. The first kappa shape index (κ1) is 16.4. The Balaban J connectivity index is 1.34. The largest absolute Gasteiger partial charge is 0.465 e. The number of rotatable bonds is 7. The zero-order valence-corrected chi connectivity index (χ0v) is 14.8. The first-order valence-electron chi connectivity index (χ1n) is 9.24. The average molecular weight is 342 g/mol. The molecule has 1 aliphatic carbocycles. The lowest BCUT2D eigenvalue weighted by molar-refractivity contribution is -0.121. The summed E-state index contributed by atoms with van der Waals surface area (Å²) in [5, 5.41) is 7.57. The Morgan fingerprint density at radius 3 is 3.00 bits per heavy atom. The van der Waals surface area contributed by atoms with E-state index in [-0.39, 0.29) is 11.9 Å². The lowest BCUT2D eigenvalue weighted by atomic mass is 10.1. The zero-order chi connectivity index (χ0) is 17.2. The number of fused-ring (bicyclic) bond motifs is 1. The molecule has 25 heavy (non-hydrogen) atoms. The number of nitrogens with zero attached hydrogens (tertiary/aromatic N) is 3. The summed E-state index contributed by atoms with van der Waals surface area (Å²) in [6.07, 6.45) is 5.90. The maximum absolute atomic E-state index is 11.9. The van der Waals surface area contributed by atoms with Gasteiger partial charge in [-0.25, -0.2) is 0 Å². The minimum atomic E-state index is 0.196. The van der Waals surface area contributed by atoms with Crippen molar-refractivity contribution in [1.29, 1.82) is 0 Å². The predicted octanol–water partition coefficient (Wildman–Crippen LogP) is 2.65. The molecule has 1 N–H and O–H groups in total. The van der Waals surface area contributed by atoms with Gasteiger partial charge in [0.05, 0.1) is 18.3 Å². The third kappa shape index (κ3) is 4.12. The van der Waals surface area contributed by atoms with Crippen molar-refractivity contribution in [2.75, 3.05) is 13.1 Å². The van der Waals surface area contributed by atoms with Crippen LogP contribution in [0.15, 0.2) is 28.8 Å². The number of furan rings is 1. The minimum absolute atomic E-state index is 0.196. The predicted molar refractivity (Wildman–Crippen MR) is 93.8 cm³/mol. The van der Waals surface area contributed by atoms with Crippen LogP contribution >= 0.6 is 0 Å². The highest BCUT2D eigenvalue weighted by Gasteiger charge is 2.27. The van der Waals surface area contributed by atoms with Gasteiger partial charge in [0.1, 0.15) is 11.5 Å². The molecule has 1 atom stereocenters. The lowest BCUT2D eigenvalue weighted by Gasteiger charge is -2.33. The molecule has 0 spiro atoms. The van der Waals surface area contributed by atoms with E-state index >= 15 is 0 Å². The third-order valence-corrected chi connectivity index (χ3v) is 5.10. The average Bonchev–Trinajstić information content (AvgIpc) is 3.09. The molecule has 6 heteroatoms. The van der Waals surface area contributed by atoms with Crippen molar-refractivity contribution in [1.82, 2.24) is 20.0 Å². The molecule has 1 fully saturated rings. The molecule has 4 rings (SSSR count). The molecule has 3 heterocycles. The van der Waals surface area contributed by atoms with E-state index in [1.807, 2.05) is 25.3 Å². The Kier molecular flexibility index (Phi) is 4.61. The number of aryl methyl sites for hydroxylation is 1. The van der Waals surface area contributed by atoms with Gasteiger partial charge in [-0.3, -0.25) is 14.4 Å². The summed E-state index contributed by atoms with van der Waals surface area (Å²) >= 11 is 0. The normalized spacial score (nSPS) is 20.4. The van der Waals surface area contributed by atoms with E-state index < -0.39 is 0 Å². The van der Waals surface area contributed by atoms with Gasteiger partial charge in [0.25, 0.3) is 0 Å². The molecule has 0 unspecified atom stereocenters. The van der Waals surface area contributed by atoms with Crippen molar-refractivity contribution in [2.24, 2.45) is 5.92 Å². The molecule has 0 saturated heterocycles. The molecule has 1 aliphatic heterocycles. The smallest absolute Gasteiger partial charge is 0.220 e. The van der Waals surface area contributed by atoms with Gasteiger partial charge in [-0.05, 0) is 50.3 Å². The van der Waals surface area contributed by atoms with Crippen molar-refractivity contribution in [3.63, 3.8) is 0 Å². The van der Waals surface area contributed by atoms with Gasteiger partial charge >= 0.3 is 0 Å². The number of nitrogens with one attached hydrogen (secondary N) is 1. The SMILES string of the molecule is Cc1ccc(CN2Cc3ccnn3[C@@H](CCNC(=O)CC3CC3)C2)o1. The number of aromatic nitrogens is 2. The van der Waals surface area contributed by atoms with Gasteiger partial charge in [0.2, 0.25) is 5.91 Å². The van der Waals surface area contributed by atoms with Gasteiger partial charge in [0.15, 0.2) is 0 Å². The topological polar surface area (TPSA) is 63.3 Å². The Hall–Kier alpha value is -2.08. The molecule has 0 bridgehead atoms. The van der Waals surface area contributed by atoms with E-state index in [1.165, 1.54) is 18.5 Å². The fraction of sp³-hybridized carbons (Fsp3) is 0.579. The summed E-state index contributed by atoms with van der Waals surface area (Å²) in [5.41, 5.74) is 1.23. The summed E-state index contributed by atoms with van der Waals surface area (Å²) in [5.74, 6) is 2.79. The maximum atomic E-state index is 11.9. The van der Waals surface area contributed by atoms with Gasteiger partial charge in [-0.1, -0.05) is 0 Å². The first-order valence-corrected chi connectivity index (χ1v) is 9.24. The summed E-state index contributed by atoms with van der Waals surface area (Å²) in [4.78, 5) is 14.3. The summed E-state index contributed by atoms with van der Waals surface area (Å²) in [6.45, 7) is 5.30. The van der Waals surface area contributed by atoms with Crippen molar-refractivity contribution in [3.05, 3.63) is 41.6 Å². The highest BCUT2D eigenvalue weighted by Crippen LogP contribution is 2.32. The summed E-state index contributed by atoms with van der Waals surface area (Å²) < 4.78 is 7.85.